The molecule has 5 nitrogen and oxygen atoms in total. The number of carbonyl (C=O) groups excluding carboxylic acids is 2. The zero-order valence-electron chi connectivity index (χ0n) is 11.3. The first-order valence-electron chi connectivity index (χ1n) is 6.57. The third-order valence-electron chi connectivity index (χ3n) is 3.71. The second-order valence-electron chi connectivity index (χ2n) is 5.22. The van der Waals surface area contributed by atoms with Gasteiger partial charge in [0.05, 0.1) is 5.41 Å². The largest absolute Gasteiger partial charge is 0.481 e. The minimum absolute atomic E-state index is 0.0425. The van der Waals surface area contributed by atoms with Crippen molar-refractivity contribution in [1.82, 2.24) is 4.90 Å². The van der Waals surface area contributed by atoms with Crippen molar-refractivity contribution in [2.45, 2.75) is 31.6 Å². The lowest BCUT2D eigenvalue weighted by atomic mass is 9.81. The van der Waals surface area contributed by atoms with E-state index in [1.807, 2.05) is 30.3 Å². The lowest BCUT2D eigenvalue weighted by molar-refractivity contribution is -0.142. The molecule has 0 radical (unpaired) electrons. The van der Waals surface area contributed by atoms with E-state index in [0.717, 1.165) is 5.56 Å². The minimum Gasteiger partial charge on any atom is -0.481 e. The van der Waals surface area contributed by atoms with Crippen molar-refractivity contribution in [1.29, 1.82) is 0 Å². The quantitative estimate of drug-likeness (QED) is 0.828. The average Bonchev–Trinajstić information content (AvgIpc) is 2.64. The summed E-state index contributed by atoms with van der Waals surface area (Å²) in [5, 5.41) is 8.61. The highest BCUT2D eigenvalue weighted by atomic mass is 16.4. The third-order valence-corrected chi connectivity index (χ3v) is 3.71. The second-order valence-corrected chi connectivity index (χ2v) is 5.22. The van der Waals surface area contributed by atoms with Crippen LogP contribution in [0.4, 0.5) is 0 Å². The van der Waals surface area contributed by atoms with E-state index >= 15 is 0 Å². The Hall–Kier alpha value is -2.17. The van der Waals surface area contributed by atoms with Gasteiger partial charge >= 0.3 is 5.97 Å². The molecule has 1 N–H and O–H groups in total. The maximum atomic E-state index is 12.5. The maximum Gasteiger partial charge on any atom is 0.303 e. The smallest absolute Gasteiger partial charge is 0.303 e. The lowest BCUT2D eigenvalue weighted by Crippen LogP contribution is -2.37. The molecule has 20 heavy (non-hydrogen) atoms. The molecule has 0 aliphatic carbocycles. The van der Waals surface area contributed by atoms with E-state index in [0.29, 0.717) is 0 Å². The van der Waals surface area contributed by atoms with E-state index in [2.05, 4.69) is 0 Å². The van der Waals surface area contributed by atoms with Crippen LogP contribution in [0.1, 0.15) is 31.7 Å². The van der Waals surface area contributed by atoms with E-state index in [9.17, 15) is 14.4 Å². The van der Waals surface area contributed by atoms with Crippen LogP contribution in [-0.4, -0.2) is 34.3 Å². The van der Waals surface area contributed by atoms with Crippen LogP contribution in [0.25, 0.3) is 0 Å². The van der Waals surface area contributed by atoms with Crippen LogP contribution >= 0.6 is 0 Å². The van der Waals surface area contributed by atoms with Gasteiger partial charge in [0.25, 0.3) is 0 Å². The molecule has 1 heterocycles. The number of hydrogen-bond acceptors (Lipinski definition) is 3. The van der Waals surface area contributed by atoms with Crippen LogP contribution in [0.2, 0.25) is 0 Å². The molecule has 1 saturated heterocycles. The number of benzene rings is 1. The van der Waals surface area contributed by atoms with Gasteiger partial charge in [-0.1, -0.05) is 30.3 Å². The number of rotatable bonds is 5. The maximum absolute atomic E-state index is 12.5. The Morgan fingerprint density at radius 1 is 1.30 bits per heavy atom. The predicted molar refractivity (Wildman–Crippen MR) is 72.0 cm³/mol. The van der Waals surface area contributed by atoms with Crippen LogP contribution in [0.5, 0.6) is 0 Å². The van der Waals surface area contributed by atoms with Gasteiger partial charge in [-0.3, -0.25) is 19.3 Å². The van der Waals surface area contributed by atoms with Crippen LogP contribution < -0.4 is 0 Å². The molecule has 1 aromatic carbocycles. The number of aliphatic carboxylic acids is 1. The van der Waals surface area contributed by atoms with Crippen LogP contribution in [0.3, 0.4) is 0 Å². The molecule has 1 fully saturated rings. The highest BCUT2D eigenvalue weighted by Gasteiger charge is 2.48. The van der Waals surface area contributed by atoms with E-state index < -0.39 is 11.4 Å². The molecule has 0 saturated carbocycles. The SMILES string of the molecule is CC1(c2ccccc2)CC(=O)N(CCCC(=O)O)C1=O. The highest BCUT2D eigenvalue weighted by Crippen LogP contribution is 2.36. The van der Waals surface area contributed by atoms with E-state index in [-0.39, 0.29) is 37.6 Å². The molecule has 1 atom stereocenters. The standard InChI is InChI=1S/C15H17NO4/c1-15(11-6-3-2-4-7-11)10-12(17)16(14(15)20)9-5-8-13(18)19/h2-4,6-7H,5,8-10H2,1H3,(H,18,19). The van der Waals surface area contributed by atoms with Gasteiger partial charge in [0.1, 0.15) is 0 Å². The fourth-order valence-electron chi connectivity index (χ4n) is 2.53. The molecule has 0 bridgehead atoms. The Labute approximate surface area is 117 Å². The Kier molecular flexibility index (Phi) is 3.88. The van der Waals surface area contributed by atoms with Gasteiger partial charge in [-0.05, 0) is 18.9 Å². The summed E-state index contributed by atoms with van der Waals surface area (Å²) in [4.78, 5) is 36.2. The number of hydrogen-bond donors (Lipinski definition) is 1. The van der Waals surface area contributed by atoms with Gasteiger partial charge in [-0.25, -0.2) is 0 Å². The molecule has 5 heteroatoms. The molecular weight excluding hydrogens is 258 g/mol. The first-order valence-corrected chi connectivity index (χ1v) is 6.57. The van der Waals surface area contributed by atoms with Crippen molar-refractivity contribution >= 4 is 17.8 Å². The molecule has 1 aliphatic heterocycles. The summed E-state index contributed by atoms with van der Waals surface area (Å²) in [6.07, 6.45) is 0.389. The molecule has 0 spiro atoms. The monoisotopic (exact) mass is 275 g/mol. The van der Waals surface area contributed by atoms with E-state index in [4.69, 9.17) is 5.11 Å². The summed E-state index contributed by atoms with van der Waals surface area (Å²) in [6.45, 7) is 1.94. The lowest BCUT2D eigenvalue weighted by Gasteiger charge is -2.22. The summed E-state index contributed by atoms with van der Waals surface area (Å²) >= 11 is 0. The Morgan fingerprint density at radius 2 is 1.95 bits per heavy atom. The van der Waals surface area contributed by atoms with Gasteiger partial charge in [0, 0.05) is 19.4 Å². The number of carbonyl (C=O) groups is 3. The Morgan fingerprint density at radius 3 is 2.55 bits per heavy atom. The molecule has 2 rings (SSSR count). The summed E-state index contributed by atoms with van der Waals surface area (Å²) in [5.74, 6) is -1.39. The minimum atomic E-state index is -0.921. The van der Waals surface area contributed by atoms with Gasteiger partial charge in [-0.15, -0.1) is 0 Å². The van der Waals surface area contributed by atoms with Crippen molar-refractivity contribution in [3.05, 3.63) is 35.9 Å². The molecule has 1 aromatic rings. The average molecular weight is 275 g/mol. The topological polar surface area (TPSA) is 74.7 Å². The van der Waals surface area contributed by atoms with Gasteiger partial charge < -0.3 is 5.11 Å². The number of carboxylic acids is 1. The first kappa shape index (κ1) is 14.2. The Bertz CT molecular complexity index is 540. The molecule has 1 unspecified atom stereocenters. The van der Waals surface area contributed by atoms with Crippen LogP contribution in [0, 0.1) is 0 Å². The number of carboxylic acid groups (broad SMARTS) is 1. The second kappa shape index (κ2) is 5.45. The number of amides is 2. The molecule has 2 amide bonds. The summed E-state index contributed by atoms with van der Waals surface area (Å²) in [6, 6.07) is 9.22. The van der Waals surface area contributed by atoms with Crippen LogP contribution in [-0.2, 0) is 19.8 Å². The highest BCUT2D eigenvalue weighted by molar-refractivity contribution is 6.08. The number of nitrogens with zero attached hydrogens (tertiary/aromatic N) is 1. The summed E-state index contributed by atoms with van der Waals surface area (Å²) in [5.41, 5.74) is -0.0132. The number of imide groups is 1. The van der Waals surface area contributed by atoms with E-state index in [1.54, 1.807) is 6.92 Å². The van der Waals surface area contributed by atoms with Crippen molar-refractivity contribution in [3.63, 3.8) is 0 Å². The first-order chi connectivity index (χ1) is 9.45. The summed E-state index contributed by atoms with van der Waals surface area (Å²) < 4.78 is 0. The van der Waals surface area contributed by atoms with E-state index in [1.165, 1.54) is 4.90 Å². The fraction of sp³-hybridized carbons (Fsp3) is 0.400. The zero-order chi connectivity index (χ0) is 14.8. The normalized spacial score (nSPS) is 22.4. The molecular formula is C15H17NO4. The van der Waals surface area contributed by atoms with Gasteiger partial charge in [-0.2, -0.15) is 0 Å². The third kappa shape index (κ3) is 2.57. The number of likely N-dealkylation sites (tertiary alicyclic amines) is 1. The molecule has 106 valence electrons. The zero-order valence-corrected chi connectivity index (χ0v) is 11.3. The fourth-order valence-corrected chi connectivity index (χ4v) is 2.53. The Balaban J connectivity index is 2.14. The van der Waals surface area contributed by atoms with Crippen molar-refractivity contribution in [2.75, 3.05) is 6.54 Å². The van der Waals surface area contributed by atoms with Crippen molar-refractivity contribution in [2.24, 2.45) is 0 Å². The molecule has 1 aliphatic rings. The van der Waals surface area contributed by atoms with Crippen molar-refractivity contribution in [3.8, 4) is 0 Å². The van der Waals surface area contributed by atoms with Crippen molar-refractivity contribution < 1.29 is 19.5 Å². The van der Waals surface area contributed by atoms with Crippen LogP contribution in [0.15, 0.2) is 30.3 Å². The summed E-state index contributed by atoms with van der Waals surface area (Å²) in [7, 11) is 0. The molecule has 0 aromatic heterocycles. The predicted octanol–water partition coefficient (Wildman–Crippen LogP) is 1.57. The van der Waals surface area contributed by atoms with Gasteiger partial charge in [0.2, 0.25) is 11.8 Å². The van der Waals surface area contributed by atoms with Gasteiger partial charge in [0.15, 0.2) is 0 Å².